The smallest absolute Gasteiger partial charge is 0.164 e. The SMILES string of the molecule is CC(=O)c1c(F)cccc1-n1nc(C)c(Br)c1C. The van der Waals surface area contributed by atoms with Gasteiger partial charge in [0.05, 0.1) is 27.1 Å². The van der Waals surface area contributed by atoms with E-state index in [4.69, 9.17) is 0 Å². The number of Topliss-reactive ketones (excluding diaryl/α,β-unsaturated/α-hetero) is 1. The van der Waals surface area contributed by atoms with Crippen molar-refractivity contribution in [3.63, 3.8) is 0 Å². The normalized spacial score (nSPS) is 10.7. The highest BCUT2D eigenvalue weighted by atomic mass is 79.9. The van der Waals surface area contributed by atoms with Crippen LogP contribution in [0.25, 0.3) is 5.69 Å². The summed E-state index contributed by atoms with van der Waals surface area (Å²) in [5.74, 6) is -0.838. The Morgan fingerprint density at radius 1 is 1.39 bits per heavy atom. The number of aryl methyl sites for hydroxylation is 1. The summed E-state index contributed by atoms with van der Waals surface area (Å²) in [6.07, 6.45) is 0. The molecule has 1 aromatic carbocycles. The summed E-state index contributed by atoms with van der Waals surface area (Å²) in [4.78, 5) is 11.6. The van der Waals surface area contributed by atoms with Gasteiger partial charge >= 0.3 is 0 Å². The first-order valence-corrected chi connectivity index (χ1v) is 6.24. The zero-order valence-corrected chi connectivity index (χ0v) is 11.9. The summed E-state index contributed by atoms with van der Waals surface area (Å²) in [5, 5.41) is 4.32. The molecule has 0 atom stereocenters. The van der Waals surface area contributed by atoms with Crippen molar-refractivity contribution in [1.82, 2.24) is 9.78 Å². The van der Waals surface area contributed by atoms with Crippen LogP contribution in [-0.4, -0.2) is 15.6 Å². The third-order valence-electron chi connectivity index (χ3n) is 2.77. The number of aromatic nitrogens is 2. The molecule has 18 heavy (non-hydrogen) atoms. The third kappa shape index (κ3) is 1.99. The monoisotopic (exact) mass is 310 g/mol. The fourth-order valence-corrected chi connectivity index (χ4v) is 2.14. The Balaban J connectivity index is 2.75. The largest absolute Gasteiger partial charge is 0.294 e. The highest BCUT2D eigenvalue weighted by Gasteiger charge is 2.18. The number of rotatable bonds is 2. The van der Waals surface area contributed by atoms with Crippen LogP contribution in [0.2, 0.25) is 0 Å². The van der Waals surface area contributed by atoms with Gasteiger partial charge in [0.25, 0.3) is 0 Å². The van der Waals surface area contributed by atoms with E-state index >= 15 is 0 Å². The predicted molar refractivity (Wildman–Crippen MR) is 70.7 cm³/mol. The number of ketones is 1. The molecule has 5 heteroatoms. The van der Waals surface area contributed by atoms with E-state index in [2.05, 4.69) is 21.0 Å². The van der Waals surface area contributed by atoms with Crippen molar-refractivity contribution in [1.29, 1.82) is 0 Å². The summed E-state index contributed by atoms with van der Waals surface area (Å²) >= 11 is 3.42. The lowest BCUT2D eigenvalue weighted by atomic mass is 10.1. The molecule has 0 aliphatic carbocycles. The molecular weight excluding hydrogens is 299 g/mol. The van der Waals surface area contributed by atoms with Gasteiger partial charge in [-0.15, -0.1) is 0 Å². The molecule has 0 unspecified atom stereocenters. The summed E-state index contributed by atoms with van der Waals surface area (Å²) in [5.41, 5.74) is 2.16. The van der Waals surface area contributed by atoms with Crippen LogP contribution in [0.5, 0.6) is 0 Å². The van der Waals surface area contributed by atoms with Crippen molar-refractivity contribution in [2.45, 2.75) is 20.8 Å². The van der Waals surface area contributed by atoms with Crippen LogP contribution in [-0.2, 0) is 0 Å². The maximum absolute atomic E-state index is 13.8. The molecule has 0 spiro atoms. The summed E-state index contributed by atoms with van der Waals surface area (Å²) in [6.45, 7) is 5.06. The summed E-state index contributed by atoms with van der Waals surface area (Å²) in [6, 6.07) is 4.54. The van der Waals surface area contributed by atoms with Gasteiger partial charge in [0.2, 0.25) is 0 Å². The zero-order valence-electron chi connectivity index (χ0n) is 10.3. The molecule has 0 bridgehead atoms. The minimum Gasteiger partial charge on any atom is -0.294 e. The van der Waals surface area contributed by atoms with Gasteiger partial charge in [0.15, 0.2) is 5.78 Å². The molecule has 94 valence electrons. The minimum atomic E-state index is -0.524. The van der Waals surface area contributed by atoms with Crippen LogP contribution in [0, 0.1) is 19.7 Å². The quantitative estimate of drug-likeness (QED) is 0.794. The molecule has 3 nitrogen and oxygen atoms in total. The van der Waals surface area contributed by atoms with Crippen molar-refractivity contribution in [2.75, 3.05) is 0 Å². The fourth-order valence-electron chi connectivity index (χ4n) is 1.90. The molecule has 0 radical (unpaired) electrons. The molecule has 2 rings (SSSR count). The molecule has 1 heterocycles. The van der Waals surface area contributed by atoms with Gasteiger partial charge in [0, 0.05) is 0 Å². The lowest BCUT2D eigenvalue weighted by Gasteiger charge is -2.09. The van der Waals surface area contributed by atoms with Crippen LogP contribution in [0.1, 0.15) is 28.7 Å². The van der Waals surface area contributed by atoms with E-state index in [0.29, 0.717) is 5.69 Å². The van der Waals surface area contributed by atoms with Crippen LogP contribution in [0.15, 0.2) is 22.7 Å². The number of halogens is 2. The average Bonchev–Trinajstić information content (AvgIpc) is 2.56. The standard InChI is InChI=1S/C13H12BrFN2O/c1-7-13(14)8(2)17(16-7)11-6-4-5-10(15)12(11)9(3)18/h4-6H,1-3H3. The molecule has 0 aliphatic heterocycles. The maximum Gasteiger partial charge on any atom is 0.164 e. The minimum absolute atomic E-state index is 0.0654. The molecule has 2 aromatic rings. The van der Waals surface area contributed by atoms with Gasteiger partial charge in [-0.1, -0.05) is 6.07 Å². The van der Waals surface area contributed by atoms with E-state index in [1.807, 2.05) is 13.8 Å². The number of nitrogens with zero attached hydrogens (tertiary/aromatic N) is 2. The number of hydrogen-bond acceptors (Lipinski definition) is 2. The maximum atomic E-state index is 13.8. The highest BCUT2D eigenvalue weighted by molar-refractivity contribution is 9.10. The second-order valence-corrected chi connectivity index (χ2v) is 4.88. The first-order chi connectivity index (χ1) is 8.43. The van der Waals surface area contributed by atoms with Crippen LogP contribution in [0.4, 0.5) is 4.39 Å². The Morgan fingerprint density at radius 2 is 2.06 bits per heavy atom. The van der Waals surface area contributed by atoms with Crippen molar-refractivity contribution in [3.8, 4) is 5.69 Å². The topological polar surface area (TPSA) is 34.9 Å². The van der Waals surface area contributed by atoms with Gasteiger partial charge < -0.3 is 0 Å². The van der Waals surface area contributed by atoms with Gasteiger partial charge in [-0.25, -0.2) is 9.07 Å². The molecule has 0 amide bonds. The fraction of sp³-hybridized carbons (Fsp3) is 0.231. The van der Waals surface area contributed by atoms with E-state index in [1.54, 1.807) is 16.8 Å². The van der Waals surface area contributed by atoms with Gasteiger partial charge in [0.1, 0.15) is 5.82 Å². The van der Waals surface area contributed by atoms with Crippen molar-refractivity contribution in [3.05, 3.63) is 45.4 Å². The summed E-state index contributed by atoms with van der Waals surface area (Å²) in [7, 11) is 0. The molecule has 0 N–H and O–H groups in total. The number of carbonyl (C=O) groups is 1. The Kier molecular flexibility index (Phi) is 3.34. The first-order valence-electron chi connectivity index (χ1n) is 5.45. The molecule has 0 saturated heterocycles. The summed E-state index contributed by atoms with van der Waals surface area (Å²) < 4.78 is 16.2. The molecular formula is C13H12BrFN2O. The van der Waals surface area contributed by atoms with Crippen LogP contribution < -0.4 is 0 Å². The van der Waals surface area contributed by atoms with E-state index in [9.17, 15) is 9.18 Å². The number of hydrogen-bond donors (Lipinski definition) is 0. The Bertz CT molecular complexity index is 634. The second-order valence-electron chi connectivity index (χ2n) is 4.09. The predicted octanol–water partition coefficient (Wildman–Crippen LogP) is 3.59. The highest BCUT2D eigenvalue weighted by Crippen LogP contribution is 2.26. The Hall–Kier alpha value is -1.49. The van der Waals surface area contributed by atoms with Crippen LogP contribution in [0.3, 0.4) is 0 Å². The Labute approximate surface area is 113 Å². The number of benzene rings is 1. The van der Waals surface area contributed by atoms with Crippen LogP contribution >= 0.6 is 15.9 Å². The molecule has 1 aromatic heterocycles. The molecule has 0 aliphatic rings. The van der Waals surface area contributed by atoms with E-state index in [-0.39, 0.29) is 11.3 Å². The van der Waals surface area contributed by atoms with Gasteiger partial charge in [-0.3, -0.25) is 4.79 Å². The van der Waals surface area contributed by atoms with Gasteiger partial charge in [-0.2, -0.15) is 5.10 Å². The van der Waals surface area contributed by atoms with E-state index < -0.39 is 5.82 Å². The lowest BCUT2D eigenvalue weighted by molar-refractivity contribution is 0.101. The van der Waals surface area contributed by atoms with Gasteiger partial charge in [-0.05, 0) is 48.8 Å². The average molecular weight is 311 g/mol. The Morgan fingerprint density at radius 3 is 2.56 bits per heavy atom. The first kappa shape index (κ1) is 13.0. The van der Waals surface area contributed by atoms with E-state index in [1.165, 1.54) is 13.0 Å². The van der Waals surface area contributed by atoms with E-state index in [0.717, 1.165) is 15.9 Å². The lowest BCUT2D eigenvalue weighted by Crippen LogP contribution is -2.08. The molecule has 0 fully saturated rings. The third-order valence-corrected chi connectivity index (χ3v) is 3.92. The van der Waals surface area contributed by atoms with Crippen molar-refractivity contribution in [2.24, 2.45) is 0 Å². The molecule has 0 saturated carbocycles. The number of carbonyl (C=O) groups excluding carboxylic acids is 1. The second kappa shape index (κ2) is 4.65. The van der Waals surface area contributed by atoms with Crippen molar-refractivity contribution >= 4 is 21.7 Å². The zero-order chi connectivity index (χ0) is 13.4. The van der Waals surface area contributed by atoms with Crippen molar-refractivity contribution < 1.29 is 9.18 Å².